The van der Waals surface area contributed by atoms with Gasteiger partial charge in [-0.25, -0.2) is 0 Å². The number of hydrogen-bond acceptors (Lipinski definition) is 2. The van der Waals surface area contributed by atoms with Gasteiger partial charge in [-0.05, 0) is 43.7 Å². The van der Waals surface area contributed by atoms with Crippen molar-refractivity contribution in [2.45, 2.75) is 19.4 Å². The molecule has 2 rings (SSSR count). The maximum atomic E-state index is 12.3. The molecule has 0 bridgehead atoms. The van der Waals surface area contributed by atoms with Crippen LogP contribution in [0.3, 0.4) is 0 Å². The van der Waals surface area contributed by atoms with Crippen LogP contribution in [0.1, 0.15) is 29.8 Å². The smallest absolute Gasteiger partial charge is 0.251 e. The highest BCUT2D eigenvalue weighted by molar-refractivity contribution is 5.94. The molecule has 20 heavy (non-hydrogen) atoms. The fourth-order valence-electron chi connectivity index (χ4n) is 2.03. The number of amides is 1. The number of methoxy groups -OCH3 is 1. The van der Waals surface area contributed by atoms with E-state index in [0.717, 1.165) is 11.3 Å². The maximum absolute atomic E-state index is 12.3. The van der Waals surface area contributed by atoms with E-state index >= 15 is 0 Å². The third-order valence-corrected chi connectivity index (χ3v) is 3.27. The molecule has 1 amide bonds. The molecule has 2 aromatic rings. The fraction of sp³-hybridized carbons (Fsp3) is 0.235. The van der Waals surface area contributed by atoms with Crippen molar-refractivity contribution in [3.8, 4) is 5.75 Å². The van der Waals surface area contributed by atoms with Crippen molar-refractivity contribution in [2.24, 2.45) is 0 Å². The van der Waals surface area contributed by atoms with Gasteiger partial charge in [-0.3, -0.25) is 4.79 Å². The monoisotopic (exact) mass is 269 g/mol. The molecule has 2 aromatic carbocycles. The lowest BCUT2D eigenvalue weighted by Gasteiger charge is -2.27. The minimum Gasteiger partial charge on any atom is -0.497 e. The summed E-state index contributed by atoms with van der Waals surface area (Å²) < 4.78 is 5.09. The number of rotatable bonds is 4. The second-order valence-electron chi connectivity index (χ2n) is 5.17. The molecule has 0 aliphatic carbocycles. The average Bonchev–Trinajstić information content (AvgIpc) is 2.48. The summed E-state index contributed by atoms with van der Waals surface area (Å²) in [5.41, 5.74) is 1.27. The molecule has 0 saturated carbocycles. The fourth-order valence-corrected chi connectivity index (χ4v) is 2.03. The zero-order valence-electron chi connectivity index (χ0n) is 12.0. The molecule has 104 valence electrons. The van der Waals surface area contributed by atoms with Crippen LogP contribution in [0.15, 0.2) is 54.6 Å². The lowest BCUT2D eigenvalue weighted by atomic mass is 9.94. The summed E-state index contributed by atoms with van der Waals surface area (Å²) in [6.45, 7) is 3.98. The first kappa shape index (κ1) is 14.1. The molecule has 0 fully saturated rings. The molecule has 0 aliphatic rings. The highest BCUT2D eigenvalue weighted by Gasteiger charge is 2.23. The summed E-state index contributed by atoms with van der Waals surface area (Å²) >= 11 is 0. The summed E-state index contributed by atoms with van der Waals surface area (Å²) in [6, 6.07) is 17.0. The van der Waals surface area contributed by atoms with Gasteiger partial charge in [0.25, 0.3) is 5.91 Å². The van der Waals surface area contributed by atoms with E-state index in [9.17, 15) is 4.79 Å². The summed E-state index contributed by atoms with van der Waals surface area (Å²) in [5, 5.41) is 3.05. The molecule has 0 radical (unpaired) electrons. The van der Waals surface area contributed by atoms with Crippen molar-refractivity contribution in [2.75, 3.05) is 7.11 Å². The zero-order chi connectivity index (χ0) is 14.6. The SMILES string of the molecule is COc1ccc(C(=O)NC(C)(C)c2ccccc2)cc1. The molecular formula is C17H19NO2. The van der Waals surface area contributed by atoms with Crippen LogP contribution in [0.25, 0.3) is 0 Å². The molecule has 3 heteroatoms. The van der Waals surface area contributed by atoms with Gasteiger partial charge in [0.15, 0.2) is 0 Å². The predicted octanol–water partition coefficient (Wildman–Crippen LogP) is 3.36. The van der Waals surface area contributed by atoms with Crippen molar-refractivity contribution in [1.82, 2.24) is 5.32 Å². The minimum atomic E-state index is -0.418. The molecule has 0 aromatic heterocycles. The van der Waals surface area contributed by atoms with Crippen LogP contribution in [0.4, 0.5) is 0 Å². The van der Waals surface area contributed by atoms with E-state index in [2.05, 4.69) is 5.32 Å². The normalized spacial score (nSPS) is 10.9. The van der Waals surface area contributed by atoms with Gasteiger partial charge in [-0.1, -0.05) is 30.3 Å². The van der Waals surface area contributed by atoms with Crippen LogP contribution in [0.2, 0.25) is 0 Å². The van der Waals surface area contributed by atoms with Gasteiger partial charge < -0.3 is 10.1 Å². The molecule has 3 nitrogen and oxygen atoms in total. The Hall–Kier alpha value is -2.29. The van der Waals surface area contributed by atoms with E-state index in [-0.39, 0.29) is 5.91 Å². The van der Waals surface area contributed by atoms with Crippen LogP contribution >= 0.6 is 0 Å². The van der Waals surface area contributed by atoms with Crippen LogP contribution in [-0.2, 0) is 5.54 Å². The van der Waals surface area contributed by atoms with Gasteiger partial charge in [0.2, 0.25) is 0 Å². The first-order valence-corrected chi connectivity index (χ1v) is 6.55. The van der Waals surface area contributed by atoms with Gasteiger partial charge in [0.1, 0.15) is 5.75 Å². The summed E-state index contributed by atoms with van der Waals surface area (Å²) in [7, 11) is 1.60. The molecule has 0 saturated heterocycles. The molecule has 1 N–H and O–H groups in total. The van der Waals surface area contributed by atoms with Gasteiger partial charge in [-0.15, -0.1) is 0 Å². The number of hydrogen-bond donors (Lipinski definition) is 1. The Morgan fingerprint density at radius 1 is 1.00 bits per heavy atom. The molecule has 0 unspecified atom stereocenters. The van der Waals surface area contributed by atoms with E-state index in [0.29, 0.717) is 5.56 Å². The van der Waals surface area contributed by atoms with Crippen LogP contribution in [-0.4, -0.2) is 13.0 Å². The Bertz CT molecular complexity index is 574. The van der Waals surface area contributed by atoms with Crippen LogP contribution in [0.5, 0.6) is 5.75 Å². The number of nitrogens with one attached hydrogen (secondary N) is 1. The second-order valence-corrected chi connectivity index (χ2v) is 5.17. The average molecular weight is 269 g/mol. The first-order valence-electron chi connectivity index (χ1n) is 6.55. The Morgan fingerprint density at radius 3 is 2.15 bits per heavy atom. The van der Waals surface area contributed by atoms with Gasteiger partial charge in [0, 0.05) is 5.56 Å². The van der Waals surface area contributed by atoms with Crippen molar-refractivity contribution in [1.29, 1.82) is 0 Å². The Labute approximate surface area is 119 Å². The topological polar surface area (TPSA) is 38.3 Å². The zero-order valence-corrected chi connectivity index (χ0v) is 12.0. The first-order chi connectivity index (χ1) is 9.53. The second kappa shape index (κ2) is 5.78. The van der Waals surface area contributed by atoms with Crippen LogP contribution in [0, 0.1) is 0 Å². The third kappa shape index (κ3) is 3.18. The van der Waals surface area contributed by atoms with E-state index in [1.54, 1.807) is 31.4 Å². The minimum absolute atomic E-state index is 0.0958. The van der Waals surface area contributed by atoms with Crippen LogP contribution < -0.4 is 10.1 Å². The number of ether oxygens (including phenoxy) is 1. The highest BCUT2D eigenvalue weighted by atomic mass is 16.5. The third-order valence-electron chi connectivity index (χ3n) is 3.27. The predicted molar refractivity (Wildman–Crippen MR) is 79.9 cm³/mol. The maximum Gasteiger partial charge on any atom is 0.251 e. The molecule has 0 heterocycles. The van der Waals surface area contributed by atoms with Gasteiger partial charge >= 0.3 is 0 Å². The van der Waals surface area contributed by atoms with E-state index in [1.807, 2.05) is 44.2 Å². The molecule has 0 atom stereocenters. The number of carbonyl (C=O) groups excluding carboxylic acids is 1. The van der Waals surface area contributed by atoms with E-state index in [4.69, 9.17) is 4.74 Å². The quantitative estimate of drug-likeness (QED) is 0.924. The Balaban J connectivity index is 2.14. The summed E-state index contributed by atoms with van der Waals surface area (Å²) in [4.78, 5) is 12.3. The van der Waals surface area contributed by atoms with Crippen molar-refractivity contribution < 1.29 is 9.53 Å². The van der Waals surface area contributed by atoms with E-state index < -0.39 is 5.54 Å². The number of benzene rings is 2. The van der Waals surface area contributed by atoms with E-state index in [1.165, 1.54) is 0 Å². The lowest BCUT2D eigenvalue weighted by Crippen LogP contribution is -2.40. The Morgan fingerprint density at radius 2 is 1.60 bits per heavy atom. The van der Waals surface area contributed by atoms with Gasteiger partial charge in [0.05, 0.1) is 12.6 Å². The lowest BCUT2D eigenvalue weighted by molar-refractivity contribution is 0.0912. The van der Waals surface area contributed by atoms with Crippen molar-refractivity contribution in [3.05, 3.63) is 65.7 Å². The molecule has 0 spiro atoms. The summed E-state index contributed by atoms with van der Waals surface area (Å²) in [6.07, 6.45) is 0. The largest absolute Gasteiger partial charge is 0.497 e. The van der Waals surface area contributed by atoms with Crippen molar-refractivity contribution >= 4 is 5.91 Å². The summed E-state index contributed by atoms with van der Waals surface area (Å²) in [5.74, 6) is 0.644. The van der Waals surface area contributed by atoms with Crippen molar-refractivity contribution in [3.63, 3.8) is 0 Å². The molecule has 0 aliphatic heterocycles. The molecular weight excluding hydrogens is 250 g/mol. The number of carbonyl (C=O) groups is 1. The Kier molecular flexibility index (Phi) is 4.08. The van der Waals surface area contributed by atoms with Gasteiger partial charge in [-0.2, -0.15) is 0 Å². The highest BCUT2D eigenvalue weighted by Crippen LogP contribution is 2.20. The standard InChI is InChI=1S/C17H19NO2/c1-17(2,14-7-5-4-6-8-14)18-16(19)13-9-11-15(20-3)12-10-13/h4-12H,1-3H3,(H,18,19).